The molecule has 7 heteroatoms. The van der Waals surface area contributed by atoms with E-state index in [2.05, 4.69) is 15.5 Å². The van der Waals surface area contributed by atoms with E-state index in [9.17, 15) is 9.18 Å². The van der Waals surface area contributed by atoms with Crippen LogP contribution in [0.5, 0.6) is 0 Å². The van der Waals surface area contributed by atoms with Crippen molar-refractivity contribution in [3.8, 4) is 0 Å². The van der Waals surface area contributed by atoms with E-state index in [-0.39, 0.29) is 17.2 Å². The monoisotopic (exact) mass is 295 g/mol. The van der Waals surface area contributed by atoms with Gasteiger partial charge >= 0.3 is 5.97 Å². The fourth-order valence-corrected chi connectivity index (χ4v) is 1.66. The van der Waals surface area contributed by atoms with Gasteiger partial charge < -0.3 is 10.1 Å². The summed E-state index contributed by atoms with van der Waals surface area (Å²) >= 11 is 5.69. The molecule has 0 bridgehead atoms. The molecule has 0 aliphatic rings. The third-order valence-electron chi connectivity index (χ3n) is 2.39. The van der Waals surface area contributed by atoms with Gasteiger partial charge in [0.2, 0.25) is 0 Å². The molecule has 0 radical (unpaired) electrons. The molecule has 0 atom stereocenters. The first kappa shape index (κ1) is 14.2. The summed E-state index contributed by atoms with van der Waals surface area (Å²) in [6.45, 7) is 0.458. The zero-order valence-corrected chi connectivity index (χ0v) is 11.1. The SMILES string of the molecule is O=C(OCCNc1cccnn1)c1cccc(F)c1Cl. The largest absolute Gasteiger partial charge is 0.460 e. The molecule has 0 saturated heterocycles. The molecule has 0 spiro atoms. The van der Waals surface area contributed by atoms with Crippen molar-refractivity contribution in [3.05, 3.63) is 52.9 Å². The molecule has 0 aliphatic carbocycles. The van der Waals surface area contributed by atoms with Crippen molar-refractivity contribution in [3.63, 3.8) is 0 Å². The number of anilines is 1. The second kappa shape index (κ2) is 6.81. The summed E-state index contributed by atoms with van der Waals surface area (Å²) in [6, 6.07) is 7.44. The maximum atomic E-state index is 13.2. The van der Waals surface area contributed by atoms with Gasteiger partial charge in [0.15, 0.2) is 0 Å². The van der Waals surface area contributed by atoms with Crippen LogP contribution in [0.25, 0.3) is 0 Å². The fraction of sp³-hybridized carbons (Fsp3) is 0.154. The van der Waals surface area contributed by atoms with Gasteiger partial charge in [0.05, 0.1) is 17.1 Å². The minimum atomic E-state index is -0.671. The average molecular weight is 296 g/mol. The number of benzene rings is 1. The van der Waals surface area contributed by atoms with E-state index in [4.69, 9.17) is 16.3 Å². The Morgan fingerprint density at radius 2 is 2.20 bits per heavy atom. The molecule has 0 amide bonds. The lowest BCUT2D eigenvalue weighted by Gasteiger charge is -2.07. The molecule has 2 aromatic rings. The van der Waals surface area contributed by atoms with E-state index in [0.29, 0.717) is 12.4 Å². The van der Waals surface area contributed by atoms with Gasteiger partial charge in [0, 0.05) is 6.20 Å². The molecule has 1 aromatic heterocycles. The Morgan fingerprint density at radius 3 is 2.95 bits per heavy atom. The maximum Gasteiger partial charge on any atom is 0.339 e. The third-order valence-corrected chi connectivity index (χ3v) is 2.77. The Labute approximate surface area is 119 Å². The molecule has 0 unspecified atom stereocenters. The van der Waals surface area contributed by atoms with Crippen LogP contribution in [0.1, 0.15) is 10.4 Å². The topological polar surface area (TPSA) is 64.1 Å². The fourth-order valence-electron chi connectivity index (χ4n) is 1.46. The van der Waals surface area contributed by atoms with Crippen LogP contribution in [0, 0.1) is 5.82 Å². The number of carbonyl (C=O) groups excluding carboxylic acids is 1. The van der Waals surface area contributed by atoms with Crippen molar-refractivity contribution in [1.29, 1.82) is 0 Å². The number of carbonyl (C=O) groups is 1. The smallest absolute Gasteiger partial charge is 0.339 e. The predicted molar refractivity (Wildman–Crippen MR) is 72.2 cm³/mol. The Balaban J connectivity index is 1.82. The van der Waals surface area contributed by atoms with Gasteiger partial charge in [-0.3, -0.25) is 0 Å². The number of aromatic nitrogens is 2. The van der Waals surface area contributed by atoms with Crippen molar-refractivity contribution in [1.82, 2.24) is 10.2 Å². The maximum absolute atomic E-state index is 13.2. The quantitative estimate of drug-likeness (QED) is 0.678. The number of nitrogens with one attached hydrogen (secondary N) is 1. The summed E-state index contributed by atoms with van der Waals surface area (Å²) in [6.07, 6.45) is 1.55. The van der Waals surface area contributed by atoms with Crippen LogP contribution in [0.15, 0.2) is 36.5 Å². The van der Waals surface area contributed by atoms with Gasteiger partial charge in [0.1, 0.15) is 18.2 Å². The number of halogens is 2. The van der Waals surface area contributed by atoms with Crippen molar-refractivity contribution < 1.29 is 13.9 Å². The lowest BCUT2D eigenvalue weighted by molar-refractivity contribution is 0.0520. The molecular weight excluding hydrogens is 285 g/mol. The van der Waals surface area contributed by atoms with E-state index in [1.807, 2.05) is 0 Å². The van der Waals surface area contributed by atoms with Crippen molar-refractivity contribution in [2.75, 3.05) is 18.5 Å². The van der Waals surface area contributed by atoms with Crippen LogP contribution in [0.3, 0.4) is 0 Å². The molecule has 1 aromatic carbocycles. The molecule has 0 aliphatic heterocycles. The lowest BCUT2D eigenvalue weighted by atomic mass is 10.2. The number of ether oxygens (including phenoxy) is 1. The summed E-state index contributed by atoms with van der Waals surface area (Å²) in [5.74, 6) is -0.749. The minimum absolute atomic E-state index is 0.00571. The van der Waals surface area contributed by atoms with Crippen LogP contribution in [0.4, 0.5) is 10.2 Å². The first-order chi connectivity index (χ1) is 9.68. The summed E-state index contributed by atoms with van der Waals surface area (Å²) < 4.78 is 18.2. The number of hydrogen-bond acceptors (Lipinski definition) is 5. The molecule has 0 saturated carbocycles. The Kier molecular flexibility index (Phi) is 4.84. The van der Waals surface area contributed by atoms with Gasteiger partial charge in [-0.05, 0) is 24.3 Å². The molecular formula is C13H11ClFN3O2. The van der Waals surface area contributed by atoms with Crippen LogP contribution in [0.2, 0.25) is 5.02 Å². The summed E-state index contributed by atoms with van der Waals surface area (Å²) in [5.41, 5.74) is 0.00571. The first-order valence-electron chi connectivity index (χ1n) is 5.81. The molecule has 104 valence electrons. The van der Waals surface area contributed by atoms with Gasteiger partial charge in [-0.1, -0.05) is 17.7 Å². The molecule has 0 fully saturated rings. The zero-order valence-electron chi connectivity index (χ0n) is 10.3. The van der Waals surface area contributed by atoms with Gasteiger partial charge in [-0.15, -0.1) is 5.10 Å². The Morgan fingerprint density at radius 1 is 1.35 bits per heavy atom. The summed E-state index contributed by atoms with van der Waals surface area (Å²) in [5, 5.41) is 10.2. The molecule has 1 heterocycles. The van der Waals surface area contributed by atoms with E-state index in [1.165, 1.54) is 18.2 Å². The second-order valence-electron chi connectivity index (χ2n) is 3.77. The van der Waals surface area contributed by atoms with Crippen LogP contribution >= 0.6 is 11.6 Å². The summed E-state index contributed by atoms with van der Waals surface area (Å²) in [7, 11) is 0. The number of esters is 1. The number of nitrogens with zero attached hydrogens (tertiary/aromatic N) is 2. The van der Waals surface area contributed by atoms with E-state index in [0.717, 1.165) is 0 Å². The van der Waals surface area contributed by atoms with Crippen molar-refractivity contribution in [2.24, 2.45) is 0 Å². The standard InChI is InChI=1S/C13H11ClFN3O2/c14-12-9(3-1-4-10(12)15)13(19)20-8-7-16-11-5-2-6-17-18-11/h1-6H,7-8H2,(H,16,18). The van der Waals surface area contributed by atoms with Crippen molar-refractivity contribution in [2.45, 2.75) is 0 Å². The normalized spacial score (nSPS) is 10.1. The van der Waals surface area contributed by atoms with Crippen LogP contribution in [-0.2, 0) is 4.74 Å². The van der Waals surface area contributed by atoms with Crippen LogP contribution < -0.4 is 5.32 Å². The molecule has 5 nitrogen and oxygen atoms in total. The first-order valence-corrected chi connectivity index (χ1v) is 6.19. The molecule has 2 rings (SSSR count). The van der Waals surface area contributed by atoms with E-state index < -0.39 is 11.8 Å². The predicted octanol–water partition coefficient (Wildman–Crippen LogP) is 2.54. The number of rotatable bonds is 5. The third kappa shape index (κ3) is 3.64. The van der Waals surface area contributed by atoms with Gasteiger partial charge in [-0.2, -0.15) is 5.10 Å². The highest BCUT2D eigenvalue weighted by atomic mass is 35.5. The zero-order chi connectivity index (χ0) is 14.4. The average Bonchev–Trinajstić information content (AvgIpc) is 2.47. The number of hydrogen-bond donors (Lipinski definition) is 1. The van der Waals surface area contributed by atoms with Crippen molar-refractivity contribution >= 4 is 23.4 Å². The van der Waals surface area contributed by atoms with Gasteiger partial charge in [0.25, 0.3) is 0 Å². The molecule has 20 heavy (non-hydrogen) atoms. The second-order valence-corrected chi connectivity index (χ2v) is 4.15. The summed E-state index contributed by atoms with van der Waals surface area (Å²) in [4.78, 5) is 11.7. The highest BCUT2D eigenvalue weighted by Gasteiger charge is 2.14. The van der Waals surface area contributed by atoms with E-state index in [1.54, 1.807) is 18.3 Å². The molecule has 1 N–H and O–H groups in total. The van der Waals surface area contributed by atoms with Crippen LogP contribution in [-0.4, -0.2) is 29.3 Å². The minimum Gasteiger partial charge on any atom is -0.460 e. The highest BCUT2D eigenvalue weighted by molar-refractivity contribution is 6.33. The van der Waals surface area contributed by atoms with Gasteiger partial charge in [-0.25, -0.2) is 9.18 Å². The Bertz CT molecular complexity index is 595. The van der Waals surface area contributed by atoms with E-state index >= 15 is 0 Å². The lowest BCUT2D eigenvalue weighted by Crippen LogP contribution is -2.15. The highest BCUT2D eigenvalue weighted by Crippen LogP contribution is 2.20. The Hall–Kier alpha value is -2.21.